The van der Waals surface area contributed by atoms with Gasteiger partial charge in [0.2, 0.25) is 15.9 Å². The number of amides is 1. The van der Waals surface area contributed by atoms with Crippen molar-refractivity contribution in [3.63, 3.8) is 0 Å². The highest BCUT2D eigenvalue weighted by Gasteiger charge is 2.21. The maximum Gasteiger partial charge on any atom is 0.235 e. The van der Waals surface area contributed by atoms with Crippen LogP contribution in [0.15, 0.2) is 0 Å². The molecule has 0 aliphatic carbocycles. The fourth-order valence-electron chi connectivity index (χ4n) is 1.95. The third-order valence-corrected chi connectivity index (χ3v) is 4.35. The molecule has 0 radical (unpaired) electrons. The van der Waals surface area contributed by atoms with Gasteiger partial charge in [0, 0.05) is 19.7 Å². The lowest BCUT2D eigenvalue weighted by atomic mass is 10.2. The largest absolute Gasteiger partial charge is 0.376 e. The number of nitrogens with one attached hydrogen (secondary N) is 1. The first-order chi connectivity index (χ1) is 8.93. The van der Waals surface area contributed by atoms with Gasteiger partial charge in [-0.2, -0.15) is 4.31 Å². The van der Waals surface area contributed by atoms with Crippen molar-refractivity contribution >= 4 is 15.9 Å². The highest BCUT2D eigenvalue weighted by molar-refractivity contribution is 7.88. The molecule has 7 heteroatoms. The second-order valence-electron chi connectivity index (χ2n) is 4.89. The molecule has 1 rings (SSSR count). The topological polar surface area (TPSA) is 75.7 Å². The Hall–Kier alpha value is -0.660. The predicted molar refractivity (Wildman–Crippen MR) is 73.3 cm³/mol. The highest BCUT2D eigenvalue weighted by atomic mass is 32.2. The normalized spacial score (nSPS) is 19.8. The first kappa shape index (κ1) is 16.4. The number of rotatable bonds is 8. The Morgan fingerprint density at radius 2 is 2.21 bits per heavy atom. The highest BCUT2D eigenvalue weighted by Crippen LogP contribution is 2.10. The quantitative estimate of drug-likeness (QED) is 0.700. The van der Waals surface area contributed by atoms with Crippen LogP contribution in [0.2, 0.25) is 0 Å². The van der Waals surface area contributed by atoms with Crippen LogP contribution >= 0.6 is 0 Å². The summed E-state index contributed by atoms with van der Waals surface area (Å²) in [4.78, 5) is 11.7. The zero-order chi connectivity index (χ0) is 14.3. The molecular formula is C12H24N2O4S. The molecule has 0 aromatic rings. The number of sulfonamides is 1. The van der Waals surface area contributed by atoms with Gasteiger partial charge in [0.15, 0.2) is 0 Å². The predicted octanol–water partition coefficient (Wildman–Crippen LogP) is 0.343. The van der Waals surface area contributed by atoms with Crippen LogP contribution in [-0.4, -0.2) is 57.2 Å². The molecule has 1 saturated heterocycles. The lowest BCUT2D eigenvalue weighted by molar-refractivity contribution is -0.121. The fourth-order valence-corrected chi connectivity index (χ4v) is 2.76. The monoisotopic (exact) mass is 292 g/mol. The smallest absolute Gasteiger partial charge is 0.235 e. The van der Waals surface area contributed by atoms with Crippen molar-refractivity contribution in [2.45, 2.75) is 38.7 Å². The Morgan fingerprint density at radius 3 is 2.74 bits per heavy atom. The van der Waals surface area contributed by atoms with E-state index in [0.717, 1.165) is 38.5 Å². The van der Waals surface area contributed by atoms with Gasteiger partial charge in [0.25, 0.3) is 0 Å². The summed E-state index contributed by atoms with van der Waals surface area (Å²) in [6, 6.07) is 0. The average molecular weight is 292 g/mol. The third-order valence-electron chi connectivity index (χ3n) is 3.10. The fraction of sp³-hybridized carbons (Fsp3) is 0.917. The molecule has 19 heavy (non-hydrogen) atoms. The Balaban J connectivity index is 2.37. The lowest BCUT2D eigenvalue weighted by Gasteiger charge is -2.19. The second kappa shape index (κ2) is 7.81. The van der Waals surface area contributed by atoms with Crippen LogP contribution in [-0.2, 0) is 19.6 Å². The number of hydrogen-bond donors (Lipinski definition) is 1. The van der Waals surface area contributed by atoms with Crippen molar-refractivity contribution in [2.24, 2.45) is 0 Å². The number of carbonyl (C=O) groups excluding carboxylic acids is 1. The van der Waals surface area contributed by atoms with Crippen LogP contribution < -0.4 is 5.32 Å². The van der Waals surface area contributed by atoms with E-state index in [0.29, 0.717) is 13.1 Å². The van der Waals surface area contributed by atoms with Gasteiger partial charge in [-0.15, -0.1) is 0 Å². The molecule has 0 aromatic carbocycles. The van der Waals surface area contributed by atoms with Gasteiger partial charge in [-0.1, -0.05) is 13.3 Å². The molecule has 1 heterocycles. The molecule has 0 bridgehead atoms. The van der Waals surface area contributed by atoms with Gasteiger partial charge in [-0.05, 0) is 19.3 Å². The summed E-state index contributed by atoms with van der Waals surface area (Å²) in [5, 5.41) is 2.73. The van der Waals surface area contributed by atoms with E-state index in [4.69, 9.17) is 4.74 Å². The Labute approximate surface area is 115 Å². The number of carbonyl (C=O) groups is 1. The van der Waals surface area contributed by atoms with E-state index in [2.05, 4.69) is 5.32 Å². The van der Waals surface area contributed by atoms with Gasteiger partial charge >= 0.3 is 0 Å². The van der Waals surface area contributed by atoms with Crippen LogP contribution in [0, 0.1) is 0 Å². The van der Waals surface area contributed by atoms with Gasteiger partial charge < -0.3 is 10.1 Å². The summed E-state index contributed by atoms with van der Waals surface area (Å²) in [7, 11) is -3.33. The van der Waals surface area contributed by atoms with E-state index in [1.54, 1.807) is 0 Å². The Morgan fingerprint density at radius 1 is 1.47 bits per heavy atom. The average Bonchev–Trinajstić information content (AvgIpc) is 2.83. The SMILES string of the molecule is CCCCN(CC(=O)NCC1CCCO1)S(C)(=O)=O. The van der Waals surface area contributed by atoms with Gasteiger partial charge in [0.05, 0.1) is 18.9 Å². The third kappa shape index (κ3) is 6.35. The van der Waals surface area contributed by atoms with Crippen LogP contribution in [0.4, 0.5) is 0 Å². The second-order valence-corrected chi connectivity index (χ2v) is 6.87. The van der Waals surface area contributed by atoms with E-state index < -0.39 is 10.0 Å². The van der Waals surface area contributed by atoms with Crippen molar-refractivity contribution in [2.75, 3.05) is 32.5 Å². The molecule has 1 fully saturated rings. The number of hydrogen-bond acceptors (Lipinski definition) is 4. The van der Waals surface area contributed by atoms with Crippen molar-refractivity contribution in [1.82, 2.24) is 9.62 Å². The molecule has 0 saturated carbocycles. The van der Waals surface area contributed by atoms with Crippen LogP contribution in [0.3, 0.4) is 0 Å². The zero-order valence-electron chi connectivity index (χ0n) is 11.7. The summed E-state index contributed by atoms with van der Waals surface area (Å²) < 4.78 is 29.7. The van der Waals surface area contributed by atoms with Crippen molar-refractivity contribution in [1.29, 1.82) is 0 Å². The summed E-state index contributed by atoms with van der Waals surface area (Å²) in [6.45, 7) is 3.48. The van der Waals surface area contributed by atoms with E-state index in [1.807, 2.05) is 6.92 Å². The molecule has 112 valence electrons. The van der Waals surface area contributed by atoms with Crippen molar-refractivity contribution in [3.05, 3.63) is 0 Å². The minimum Gasteiger partial charge on any atom is -0.376 e. The van der Waals surface area contributed by atoms with E-state index >= 15 is 0 Å². The van der Waals surface area contributed by atoms with E-state index in [1.165, 1.54) is 4.31 Å². The van der Waals surface area contributed by atoms with E-state index in [9.17, 15) is 13.2 Å². The van der Waals surface area contributed by atoms with Crippen molar-refractivity contribution in [3.8, 4) is 0 Å². The number of nitrogens with zero attached hydrogens (tertiary/aromatic N) is 1. The molecule has 0 spiro atoms. The van der Waals surface area contributed by atoms with Crippen molar-refractivity contribution < 1.29 is 17.9 Å². The molecule has 1 atom stereocenters. The standard InChI is InChI=1S/C12H24N2O4S/c1-3-4-7-14(19(2,16)17)10-12(15)13-9-11-6-5-8-18-11/h11H,3-10H2,1-2H3,(H,13,15). The lowest BCUT2D eigenvalue weighted by Crippen LogP contribution is -2.42. The maximum atomic E-state index is 11.7. The molecular weight excluding hydrogens is 268 g/mol. The zero-order valence-corrected chi connectivity index (χ0v) is 12.5. The molecule has 1 aliphatic heterocycles. The van der Waals surface area contributed by atoms with E-state index in [-0.39, 0.29) is 18.6 Å². The maximum absolute atomic E-state index is 11.7. The van der Waals surface area contributed by atoms with Gasteiger partial charge in [-0.25, -0.2) is 8.42 Å². The van der Waals surface area contributed by atoms with Crippen LogP contribution in [0.1, 0.15) is 32.6 Å². The summed E-state index contributed by atoms with van der Waals surface area (Å²) >= 11 is 0. The van der Waals surface area contributed by atoms with Gasteiger partial charge in [-0.3, -0.25) is 4.79 Å². The van der Waals surface area contributed by atoms with Gasteiger partial charge in [0.1, 0.15) is 0 Å². The first-order valence-corrected chi connectivity index (χ1v) is 8.61. The molecule has 6 nitrogen and oxygen atoms in total. The minimum absolute atomic E-state index is 0.0753. The Bertz CT molecular complexity index is 377. The van der Waals surface area contributed by atoms with Crippen LogP contribution in [0.5, 0.6) is 0 Å². The molecule has 1 N–H and O–H groups in total. The van der Waals surface area contributed by atoms with Crippen LogP contribution in [0.25, 0.3) is 0 Å². The molecule has 0 aromatic heterocycles. The first-order valence-electron chi connectivity index (χ1n) is 6.77. The molecule has 1 aliphatic rings. The minimum atomic E-state index is -3.33. The molecule has 1 amide bonds. The summed E-state index contributed by atoms with van der Waals surface area (Å²) in [6.07, 6.45) is 4.83. The summed E-state index contributed by atoms with van der Waals surface area (Å²) in [5.41, 5.74) is 0. The summed E-state index contributed by atoms with van der Waals surface area (Å²) in [5.74, 6) is -0.267. The number of ether oxygens (including phenoxy) is 1. The molecule has 1 unspecified atom stereocenters. The number of unbranched alkanes of at least 4 members (excludes halogenated alkanes) is 1. The Kier molecular flexibility index (Phi) is 6.74.